The van der Waals surface area contributed by atoms with Crippen LogP contribution in [0.15, 0.2) is 35.3 Å². The highest BCUT2D eigenvalue weighted by Gasteiger charge is 2.30. The van der Waals surface area contributed by atoms with Crippen LogP contribution < -0.4 is 4.90 Å². The molecule has 1 unspecified atom stereocenters. The fourth-order valence-electron chi connectivity index (χ4n) is 1.95. The number of nitro benzene ring substituents is 1. The van der Waals surface area contributed by atoms with Crippen LogP contribution in [0.25, 0.3) is 0 Å². The van der Waals surface area contributed by atoms with Gasteiger partial charge < -0.3 is 4.90 Å². The SMILES string of the molecule is C=CC1CC(=O)N(c2ccc([N+](=O)[O-])cc2Br)C1. The van der Waals surface area contributed by atoms with Crippen molar-refractivity contribution >= 4 is 33.2 Å². The molecule has 2 rings (SSSR count). The van der Waals surface area contributed by atoms with E-state index < -0.39 is 4.92 Å². The quantitative estimate of drug-likeness (QED) is 0.490. The summed E-state index contributed by atoms with van der Waals surface area (Å²) in [5.41, 5.74) is 0.660. The van der Waals surface area contributed by atoms with E-state index in [2.05, 4.69) is 22.5 Å². The summed E-state index contributed by atoms with van der Waals surface area (Å²) in [6, 6.07) is 4.39. The molecule has 1 aliphatic heterocycles. The lowest BCUT2D eigenvalue weighted by molar-refractivity contribution is -0.384. The average Bonchev–Trinajstić information content (AvgIpc) is 2.70. The smallest absolute Gasteiger partial charge is 0.270 e. The van der Waals surface area contributed by atoms with Gasteiger partial charge in [0.1, 0.15) is 0 Å². The molecule has 0 saturated carbocycles. The highest BCUT2D eigenvalue weighted by atomic mass is 79.9. The number of carbonyl (C=O) groups is 1. The second-order valence-corrected chi connectivity index (χ2v) is 4.95. The predicted octanol–water partition coefficient (Wildman–Crippen LogP) is 2.90. The van der Waals surface area contributed by atoms with Gasteiger partial charge in [-0.1, -0.05) is 6.08 Å². The van der Waals surface area contributed by atoms with Crippen molar-refractivity contribution in [2.75, 3.05) is 11.4 Å². The van der Waals surface area contributed by atoms with Crippen LogP contribution in [0.2, 0.25) is 0 Å². The predicted molar refractivity (Wildman–Crippen MR) is 71.5 cm³/mol. The zero-order valence-electron chi connectivity index (χ0n) is 9.51. The summed E-state index contributed by atoms with van der Waals surface area (Å²) in [6.07, 6.45) is 2.20. The molecule has 1 amide bonds. The number of amides is 1. The summed E-state index contributed by atoms with van der Waals surface area (Å²) in [7, 11) is 0. The molecule has 0 spiro atoms. The third-order valence-corrected chi connectivity index (χ3v) is 3.56. The number of carbonyl (C=O) groups excluding carboxylic acids is 1. The lowest BCUT2D eigenvalue weighted by Crippen LogP contribution is -2.24. The van der Waals surface area contributed by atoms with Crippen molar-refractivity contribution in [1.82, 2.24) is 0 Å². The molecule has 1 aliphatic rings. The Kier molecular flexibility index (Phi) is 3.47. The monoisotopic (exact) mass is 310 g/mol. The maximum absolute atomic E-state index is 11.8. The summed E-state index contributed by atoms with van der Waals surface area (Å²) >= 11 is 3.27. The molecule has 1 saturated heterocycles. The van der Waals surface area contributed by atoms with Crippen LogP contribution in [0.4, 0.5) is 11.4 Å². The zero-order chi connectivity index (χ0) is 13.3. The van der Waals surface area contributed by atoms with E-state index in [9.17, 15) is 14.9 Å². The first-order valence-corrected chi connectivity index (χ1v) is 6.19. The van der Waals surface area contributed by atoms with Crippen molar-refractivity contribution in [2.45, 2.75) is 6.42 Å². The van der Waals surface area contributed by atoms with E-state index in [0.29, 0.717) is 23.1 Å². The maximum Gasteiger partial charge on any atom is 0.270 e. The number of rotatable bonds is 3. The molecular formula is C12H11BrN2O3. The summed E-state index contributed by atoms with van der Waals surface area (Å²) in [6.45, 7) is 4.25. The second kappa shape index (κ2) is 4.89. The minimum Gasteiger partial charge on any atom is -0.311 e. The Labute approximate surface area is 112 Å². The van der Waals surface area contributed by atoms with E-state index in [1.54, 1.807) is 17.0 Å². The van der Waals surface area contributed by atoms with Gasteiger partial charge in [0.15, 0.2) is 0 Å². The van der Waals surface area contributed by atoms with Gasteiger partial charge in [0.2, 0.25) is 5.91 Å². The number of hydrogen-bond donors (Lipinski definition) is 0. The lowest BCUT2D eigenvalue weighted by atomic mass is 10.1. The number of nitrogens with zero attached hydrogens (tertiary/aromatic N) is 2. The molecule has 0 aliphatic carbocycles. The fraction of sp³-hybridized carbons (Fsp3) is 0.250. The van der Waals surface area contributed by atoms with Crippen molar-refractivity contribution in [1.29, 1.82) is 0 Å². The van der Waals surface area contributed by atoms with Gasteiger partial charge in [-0.3, -0.25) is 14.9 Å². The van der Waals surface area contributed by atoms with E-state index in [1.807, 2.05) is 0 Å². The Hall–Kier alpha value is -1.69. The van der Waals surface area contributed by atoms with E-state index in [1.165, 1.54) is 12.1 Å². The maximum atomic E-state index is 11.8. The third-order valence-electron chi connectivity index (χ3n) is 2.92. The number of halogens is 1. The molecule has 1 aromatic rings. The normalized spacial score (nSPS) is 19.1. The van der Waals surface area contributed by atoms with Crippen molar-refractivity contribution < 1.29 is 9.72 Å². The van der Waals surface area contributed by atoms with Gasteiger partial charge in [0, 0.05) is 35.5 Å². The van der Waals surface area contributed by atoms with Crippen LogP contribution in [-0.2, 0) is 4.79 Å². The van der Waals surface area contributed by atoms with Crippen molar-refractivity contribution in [2.24, 2.45) is 5.92 Å². The Morgan fingerprint density at radius 3 is 2.78 bits per heavy atom. The van der Waals surface area contributed by atoms with Crippen molar-refractivity contribution in [3.8, 4) is 0 Å². The molecule has 0 aromatic heterocycles. The molecule has 0 N–H and O–H groups in total. The van der Waals surface area contributed by atoms with Crippen LogP contribution >= 0.6 is 15.9 Å². The molecule has 1 atom stereocenters. The Balaban J connectivity index is 2.32. The molecular weight excluding hydrogens is 300 g/mol. The summed E-state index contributed by atoms with van der Waals surface area (Å²) in [5.74, 6) is 0.147. The van der Waals surface area contributed by atoms with Crippen LogP contribution in [0, 0.1) is 16.0 Å². The first-order valence-electron chi connectivity index (χ1n) is 5.39. The molecule has 1 fully saturated rings. The first kappa shape index (κ1) is 12.8. The molecule has 5 nitrogen and oxygen atoms in total. The van der Waals surface area contributed by atoms with Gasteiger partial charge >= 0.3 is 0 Å². The summed E-state index contributed by atoms with van der Waals surface area (Å²) in [4.78, 5) is 23.6. The molecule has 0 bridgehead atoms. The van der Waals surface area contributed by atoms with Crippen LogP contribution in [0.3, 0.4) is 0 Å². The minimum absolute atomic E-state index is 0.00228. The molecule has 6 heteroatoms. The second-order valence-electron chi connectivity index (χ2n) is 4.10. The Bertz CT molecular complexity index is 530. The van der Waals surface area contributed by atoms with Crippen molar-refractivity contribution in [3.05, 3.63) is 45.4 Å². The topological polar surface area (TPSA) is 63.5 Å². The van der Waals surface area contributed by atoms with Gasteiger partial charge in [-0.2, -0.15) is 0 Å². The van der Waals surface area contributed by atoms with Gasteiger partial charge in [-0.25, -0.2) is 0 Å². The standard InChI is InChI=1S/C12H11BrN2O3/c1-2-8-5-12(16)14(7-8)11-4-3-9(15(17)18)6-10(11)13/h2-4,6,8H,1,5,7H2. The first-order chi connectivity index (χ1) is 8.52. The van der Waals surface area contributed by atoms with E-state index >= 15 is 0 Å². The molecule has 18 heavy (non-hydrogen) atoms. The van der Waals surface area contributed by atoms with Crippen LogP contribution in [-0.4, -0.2) is 17.4 Å². The molecule has 94 valence electrons. The molecule has 0 radical (unpaired) electrons. The van der Waals surface area contributed by atoms with E-state index in [4.69, 9.17) is 0 Å². The molecule has 1 heterocycles. The van der Waals surface area contributed by atoms with Gasteiger partial charge in [-0.15, -0.1) is 6.58 Å². The largest absolute Gasteiger partial charge is 0.311 e. The summed E-state index contributed by atoms with van der Waals surface area (Å²) < 4.78 is 0.551. The number of non-ortho nitro benzene ring substituents is 1. The van der Waals surface area contributed by atoms with Gasteiger partial charge in [-0.05, 0) is 22.0 Å². The van der Waals surface area contributed by atoms with E-state index in [-0.39, 0.29) is 17.5 Å². The highest BCUT2D eigenvalue weighted by Crippen LogP contribution is 2.34. The number of anilines is 1. The average molecular weight is 311 g/mol. The number of nitro groups is 1. The molecule has 1 aromatic carbocycles. The van der Waals surface area contributed by atoms with Gasteiger partial charge in [0.05, 0.1) is 10.6 Å². The lowest BCUT2D eigenvalue weighted by Gasteiger charge is -2.17. The third kappa shape index (κ3) is 2.28. The Morgan fingerprint density at radius 2 is 2.28 bits per heavy atom. The summed E-state index contributed by atoms with van der Waals surface area (Å²) in [5, 5.41) is 10.6. The van der Waals surface area contributed by atoms with Crippen LogP contribution in [0.1, 0.15) is 6.42 Å². The van der Waals surface area contributed by atoms with E-state index in [0.717, 1.165) is 0 Å². The van der Waals surface area contributed by atoms with Crippen LogP contribution in [0.5, 0.6) is 0 Å². The zero-order valence-corrected chi connectivity index (χ0v) is 11.1. The van der Waals surface area contributed by atoms with Gasteiger partial charge in [0.25, 0.3) is 5.69 Å². The minimum atomic E-state index is -0.465. The highest BCUT2D eigenvalue weighted by molar-refractivity contribution is 9.10. The Morgan fingerprint density at radius 1 is 1.56 bits per heavy atom. The number of hydrogen-bond acceptors (Lipinski definition) is 3. The number of benzene rings is 1. The van der Waals surface area contributed by atoms with Crippen molar-refractivity contribution in [3.63, 3.8) is 0 Å². The fourth-order valence-corrected chi connectivity index (χ4v) is 2.53.